The minimum absolute atomic E-state index is 0.0135. The first-order valence-electron chi connectivity index (χ1n) is 4.57. The molecule has 1 aromatic heterocycles. The quantitative estimate of drug-likeness (QED) is 0.738. The summed E-state index contributed by atoms with van der Waals surface area (Å²) in [6.45, 7) is 3.89. The zero-order chi connectivity index (χ0) is 9.31. The topological polar surface area (TPSA) is 29.9 Å². The minimum atomic E-state index is -0.0135. The number of nitrogens with zero attached hydrogens (tertiary/aromatic N) is 1. The molecule has 0 saturated carbocycles. The standard InChI is InChI=1S/C9H14N2OS/c1-9(3-2-6-12-9)7-11-5-4-10-8(11)13/h4-5H,2-3,6-7H2,1H3,(H,10,13). The van der Waals surface area contributed by atoms with Crippen molar-refractivity contribution < 1.29 is 4.74 Å². The molecule has 72 valence electrons. The molecule has 2 rings (SSSR count). The molecule has 1 aromatic rings. The third kappa shape index (κ3) is 1.84. The smallest absolute Gasteiger partial charge is 0.177 e. The van der Waals surface area contributed by atoms with Crippen LogP contribution in [0.5, 0.6) is 0 Å². The zero-order valence-electron chi connectivity index (χ0n) is 7.75. The summed E-state index contributed by atoms with van der Waals surface area (Å²) in [4.78, 5) is 2.98. The SMILES string of the molecule is CC1(Cn2cc[nH]c2=S)CCCO1. The first kappa shape index (κ1) is 8.97. The summed E-state index contributed by atoms with van der Waals surface area (Å²) in [6, 6.07) is 0. The van der Waals surface area contributed by atoms with E-state index in [9.17, 15) is 0 Å². The van der Waals surface area contributed by atoms with E-state index in [2.05, 4.69) is 11.9 Å². The zero-order valence-corrected chi connectivity index (χ0v) is 8.56. The Morgan fingerprint density at radius 2 is 2.62 bits per heavy atom. The first-order valence-corrected chi connectivity index (χ1v) is 4.98. The maximum Gasteiger partial charge on any atom is 0.177 e. The largest absolute Gasteiger partial charge is 0.373 e. The van der Waals surface area contributed by atoms with E-state index in [1.54, 1.807) is 0 Å². The van der Waals surface area contributed by atoms with Gasteiger partial charge in [-0.2, -0.15) is 0 Å². The molecule has 0 amide bonds. The van der Waals surface area contributed by atoms with E-state index in [1.165, 1.54) is 0 Å². The fourth-order valence-electron chi connectivity index (χ4n) is 1.80. The Bertz CT molecular complexity index is 335. The van der Waals surface area contributed by atoms with Crippen LogP contribution in [0.15, 0.2) is 12.4 Å². The number of imidazole rings is 1. The van der Waals surface area contributed by atoms with Crippen LogP contribution in [0.25, 0.3) is 0 Å². The summed E-state index contributed by atoms with van der Waals surface area (Å²) in [7, 11) is 0. The predicted molar refractivity (Wildman–Crippen MR) is 53.2 cm³/mol. The molecule has 1 aliphatic rings. The van der Waals surface area contributed by atoms with Crippen molar-refractivity contribution in [3.8, 4) is 0 Å². The van der Waals surface area contributed by atoms with E-state index in [-0.39, 0.29) is 5.60 Å². The molecule has 4 heteroatoms. The molecule has 1 fully saturated rings. The number of rotatable bonds is 2. The molecular weight excluding hydrogens is 184 g/mol. The van der Waals surface area contributed by atoms with Crippen LogP contribution < -0.4 is 0 Å². The summed E-state index contributed by atoms with van der Waals surface area (Å²) in [5.74, 6) is 0. The van der Waals surface area contributed by atoms with Crippen molar-refractivity contribution in [1.29, 1.82) is 0 Å². The van der Waals surface area contributed by atoms with E-state index < -0.39 is 0 Å². The van der Waals surface area contributed by atoms with Gasteiger partial charge >= 0.3 is 0 Å². The van der Waals surface area contributed by atoms with Gasteiger partial charge in [0.1, 0.15) is 0 Å². The van der Waals surface area contributed by atoms with Gasteiger partial charge in [-0.15, -0.1) is 0 Å². The molecule has 1 unspecified atom stereocenters. The molecule has 3 nitrogen and oxygen atoms in total. The second-order valence-corrected chi connectivity index (χ2v) is 4.18. The Morgan fingerprint density at radius 1 is 1.77 bits per heavy atom. The number of ether oxygens (including phenoxy) is 1. The van der Waals surface area contributed by atoms with Gasteiger partial charge in [-0.05, 0) is 32.0 Å². The van der Waals surface area contributed by atoms with Crippen LogP contribution in [0.1, 0.15) is 19.8 Å². The molecule has 2 heterocycles. The van der Waals surface area contributed by atoms with Gasteiger partial charge in [0.05, 0.1) is 12.1 Å². The summed E-state index contributed by atoms with van der Waals surface area (Å²) in [5.41, 5.74) is -0.0135. The summed E-state index contributed by atoms with van der Waals surface area (Å²) in [6.07, 6.45) is 6.12. The summed E-state index contributed by atoms with van der Waals surface area (Å²) >= 11 is 5.12. The summed E-state index contributed by atoms with van der Waals surface area (Å²) in [5, 5.41) is 0. The highest BCUT2D eigenvalue weighted by Crippen LogP contribution is 2.26. The normalized spacial score (nSPS) is 28.1. The van der Waals surface area contributed by atoms with Crippen molar-refractivity contribution in [2.45, 2.75) is 31.9 Å². The lowest BCUT2D eigenvalue weighted by atomic mass is 10.0. The molecule has 13 heavy (non-hydrogen) atoms. The van der Waals surface area contributed by atoms with Gasteiger partial charge in [0.2, 0.25) is 0 Å². The molecule has 1 saturated heterocycles. The van der Waals surface area contributed by atoms with Gasteiger partial charge in [0.15, 0.2) is 4.77 Å². The van der Waals surface area contributed by atoms with Gasteiger partial charge in [-0.1, -0.05) is 0 Å². The number of nitrogens with one attached hydrogen (secondary N) is 1. The molecule has 0 aliphatic carbocycles. The third-order valence-corrected chi connectivity index (χ3v) is 2.88. The Balaban J connectivity index is 2.13. The molecule has 0 spiro atoms. The molecule has 0 radical (unpaired) electrons. The van der Waals surface area contributed by atoms with Crippen molar-refractivity contribution in [2.24, 2.45) is 0 Å². The van der Waals surface area contributed by atoms with Gasteiger partial charge in [-0.25, -0.2) is 0 Å². The van der Waals surface area contributed by atoms with Crippen LogP contribution in [0.2, 0.25) is 0 Å². The van der Waals surface area contributed by atoms with Crippen LogP contribution in [0, 0.1) is 4.77 Å². The van der Waals surface area contributed by atoms with E-state index in [1.807, 2.05) is 17.0 Å². The van der Waals surface area contributed by atoms with Crippen LogP contribution in [0.3, 0.4) is 0 Å². The Kier molecular flexibility index (Phi) is 2.26. The fourth-order valence-corrected chi connectivity index (χ4v) is 1.99. The van der Waals surface area contributed by atoms with Crippen molar-refractivity contribution in [3.63, 3.8) is 0 Å². The van der Waals surface area contributed by atoms with Gasteiger partial charge in [0, 0.05) is 19.0 Å². The maximum atomic E-state index is 5.69. The van der Waals surface area contributed by atoms with E-state index in [0.717, 1.165) is 30.8 Å². The number of H-pyrrole nitrogens is 1. The second kappa shape index (κ2) is 3.27. The highest BCUT2D eigenvalue weighted by molar-refractivity contribution is 7.71. The second-order valence-electron chi connectivity index (χ2n) is 3.80. The fraction of sp³-hybridized carbons (Fsp3) is 0.667. The number of aromatic amines is 1. The lowest BCUT2D eigenvalue weighted by molar-refractivity contribution is 0.00594. The highest BCUT2D eigenvalue weighted by Gasteiger charge is 2.30. The molecule has 0 aromatic carbocycles. The maximum absolute atomic E-state index is 5.69. The van der Waals surface area contributed by atoms with Gasteiger partial charge in [-0.3, -0.25) is 0 Å². The minimum Gasteiger partial charge on any atom is -0.373 e. The Hall–Kier alpha value is -0.610. The monoisotopic (exact) mass is 198 g/mol. The number of hydrogen-bond donors (Lipinski definition) is 1. The van der Waals surface area contributed by atoms with Crippen molar-refractivity contribution in [3.05, 3.63) is 17.2 Å². The molecular formula is C9H14N2OS. The Morgan fingerprint density at radius 3 is 3.15 bits per heavy atom. The first-order chi connectivity index (χ1) is 6.20. The lowest BCUT2D eigenvalue weighted by Crippen LogP contribution is -2.29. The molecule has 1 N–H and O–H groups in total. The van der Waals surface area contributed by atoms with Gasteiger partial charge < -0.3 is 14.3 Å². The number of hydrogen-bond acceptors (Lipinski definition) is 2. The predicted octanol–water partition coefficient (Wildman–Crippen LogP) is 2.11. The summed E-state index contributed by atoms with van der Waals surface area (Å²) < 4.78 is 8.49. The van der Waals surface area contributed by atoms with E-state index >= 15 is 0 Å². The molecule has 1 aliphatic heterocycles. The van der Waals surface area contributed by atoms with E-state index in [0.29, 0.717) is 0 Å². The lowest BCUT2D eigenvalue weighted by Gasteiger charge is -2.23. The van der Waals surface area contributed by atoms with Crippen molar-refractivity contribution in [1.82, 2.24) is 9.55 Å². The molecule has 0 bridgehead atoms. The van der Waals surface area contributed by atoms with E-state index in [4.69, 9.17) is 17.0 Å². The van der Waals surface area contributed by atoms with Crippen LogP contribution in [0.4, 0.5) is 0 Å². The highest BCUT2D eigenvalue weighted by atomic mass is 32.1. The van der Waals surface area contributed by atoms with Crippen molar-refractivity contribution in [2.75, 3.05) is 6.61 Å². The van der Waals surface area contributed by atoms with Crippen molar-refractivity contribution >= 4 is 12.2 Å². The Labute approximate surface area is 82.7 Å². The number of aromatic nitrogens is 2. The van der Waals surface area contributed by atoms with Crippen LogP contribution in [-0.4, -0.2) is 21.8 Å². The average molecular weight is 198 g/mol. The van der Waals surface area contributed by atoms with Crippen LogP contribution in [-0.2, 0) is 11.3 Å². The third-order valence-electron chi connectivity index (χ3n) is 2.53. The van der Waals surface area contributed by atoms with Gasteiger partial charge in [0.25, 0.3) is 0 Å². The molecule has 1 atom stereocenters. The van der Waals surface area contributed by atoms with Crippen LogP contribution >= 0.6 is 12.2 Å². The average Bonchev–Trinajstić information content (AvgIpc) is 2.64.